The van der Waals surface area contributed by atoms with Gasteiger partial charge in [-0.15, -0.1) is 0 Å². The number of unbranched alkanes of at least 4 members (excludes halogenated alkanes) is 12. The van der Waals surface area contributed by atoms with Crippen molar-refractivity contribution in [2.45, 2.75) is 117 Å². The number of hydrogen-bond acceptors (Lipinski definition) is 8. The van der Waals surface area contributed by atoms with Gasteiger partial charge in [-0.1, -0.05) is 90.9 Å². The van der Waals surface area contributed by atoms with Crippen molar-refractivity contribution in [1.82, 2.24) is 0 Å². The van der Waals surface area contributed by atoms with E-state index in [0.29, 0.717) is 65.7 Å². The van der Waals surface area contributed by atoms with Crippen LogP contribution >= 0.6 is 0 Å². The molecule has 226 valence electrons. The first-order valence-electron chi connectivity index (χ1n) is 15.3. The lowest BCUT2D eigenvalue weighted by Gasteiger charge is -2.08. The molecular weight excluding hydrogens is 488 g/mol. The maximum absolute atomic E-state index is 11.7. The van der Waals surface area contributed by atoms with Crippen molar-refractivity contribution in [3.05, 3.63) is 0 Å². The van der Waals surface area contributed by atoms with Crippen LogP contribution in [0.5, 0.6) is 0 Å². The number of hydrogen-bond donors (Lipinski definition) is 0. The van der Waals surface area contributed by atoms with E-state index >= 15 is 0 Å². The van der Waals surface area contributed by atoms with Crippen LogP contribution in [0.3, 0.4) is 0 Å². The normalized spacial score (nSPS) is 11.1. The largest absolute Gasteiger partial charge is 0.463 e. The van der Waals surface area contributed by atoms with Gasteiger partial charge >= 0.3 is 11.9 Å². The minimum absolute atomic E-state index is 0.136. The van der Waals surface area contributed by atoms with Gasteiger partial charge in [-0.25, -0.2) is 0 Å². The highest BCUT2D eigenvalue weighted by Gasteiger charge is 2.03. The van der Waals surface area contributed by atoms with Gasteiger partial charge in [-0.2, -0.15) is 0 Å². The molecule has 38 heavy (non-hydrogen) atoms. The van der Waals surface area contributed by atoms with Crippen molar-refractivity contribution in [2.75, 3.05) is 66.1 Å². The highest BCUT2D eigenvalue weighted by Crippen LogP contribution is 2.10. The van der Waals surface area contributed by atoms with Crippen LogP contribution in [-0.4, -0.2) is 78.0 Å². The van der Waals surface area contributed by atoms with Crippen LogP contribution in [-0.2, 0) is 38.0 Å². The lowest BCUT2D eigenvalue weighted by atomic mass is 10.1. The van der Waals surface area contributed by atoms with Gasteiger partial charge in [0.1, 0.15) is 13.2 Å². The summed E-state index contributed by atoms with van der Waals surface area (Å²) in [6.45, 7) is 8.56. The summed E-state index contributed by atoms with van der Waals surface area (Å²) in [5, 5.41) is 0. The second kappa shape index (κ2) is 32.0. The second-order valence-corrected chi connectivity index (χ2v) is 9.63. The van der Waals surface area contributed by atoms with E-state index in [9.17, 15) is 9.59 Å². The van der Waals surface area contributed by atoms with E-state index in [-0.39, 0.29) is 25.2 Å². The Bertz CT molecular complexity index is 501. The van der Waals surface area contributed by atoms with Crippen LogP contribution in [0.1, 0.15) is 117 Å². The van der Waals surface area contributed by atoms with Gasteiger partial charge in [0, 0.05) is 12.8 Å². The van der Waals surface area contributed by atoms with Crippen molar-refractivity contribution in [3.63, 3.8) is 0 Å². The monoisotopic (exact) mass is 546 g/mol. The molecule has 0 atom stereocenters. The molecule has 0 aromatic carbocycles. The molecule has 0 aliphatic heterocycles. The molecular formula is C30H58O8. The summed E-state index contributed by atoms with van der Waals surface area (Å²) in [5.41, 5.74) is 0. The van der Waals surface area contributed by atoms with Gasteiger partial charge in [-0.05, 0) is 12.8 Å². The van der Waals surface area contributed by atoms with Gasteiger partial charge in [0.05, 0.1) is 52.9 Å². The fraction of sp³-hybridized carbons (Fsp3) is 0.933. The smallest absolute Gasteiger partial charge is 0.305 e. The van der Waals surface area contributed by atoms with E-state index in [0.717, 1.165) is 25.7 Å². The molecule has 8 nitrogen and oxygen atoms in total. The fourth-order valence-electron chi connectivity index (χ4n) is 3.79. The van der Waals surface area contributed by atoms with Gasteiger partial charge in [0.25, 0.3) is 0 Å². The summed E-state index contributed by atoms with van der Waals surface area (Å²) in [6, 6.07) is 0. The Morgan fingerprint density at radius 3 is 0.947 bits per heavy atom. The Kier molecular flexibility index (Phi) is 31.0. The van der Waals surface area contributed by atoms with Crippen LogP contribution < -0.4 is 0 Å². The predicted molar refractivity (Wildman–Crippen MR) is 150 cm³/mol. The van der Waals surface area contributed by atoms with E-state index in [1.54, 1.807) is 0 Å². The van der Waals surface area contributed by atoms with E-state index in [1.165, 1.54) is 64.2 Å². The standard InChI is InChI=1S/C30H58O8/c1-3-5-7-9-10-11-12-14-16-18-30(32)38-28-26-36-24-22-34-20-19-33-21-23-35-25-27-37-29(31)17-15-13-8-6-4-2/h3-28H2,1-2H3. The Hall–Kier alpha value is -1.22. The Morgan fingerprint density at radius 2 is 0.632 bits per heavy atom. The van der Waals surface area contributed by atoms with E-state index in [2.05, 4.69) is 13.8 Å². The van der Waals surface area contributed by atoms with Gasteiger partial charge in [0.15, 0.2) is 0 Å². The Labute approximate surface area is 232 Å². The average Bonchev–Trinajstić information content (AvgIpc) is 2.91. The minimum atomic E-state index is -0.146. The van der Waals surface area contributed by atoms with Crippen LogP contribution in [0.4, 0.5) is 0 Å². The van der Waals surface area contributed by atoms with Gasteiger partial charge < -0.3 is 28.4 Å². The van der Waals surface area contributed by atoms with Gasteiger partial charge in [-0.3, -0.25) is 9.59 Å². The summed E-state index contributed by atoms with van der Waals surface area (Å²) >= 11 is 0. The topological polar surface area (TPSA) is 89.5 Å². The predicted octanol–water partition coefficient (Wildman–Crippen LogP) is 6.42. The Balaban J connectivity index is 3.19. The first kappa shape index (κ1) is 36.8. The number of carbonyl (C=O) groups is 2. The van der Waals surface area contributed by atoms with Crippen molar-refractivity contribution >= 4 is 11.9 Å². The van der Waals surface area contributed by atoms with Crippen LogP contribution in [0.25, 0.3) is 0 Å². The summed E-state index contributed by atoms with van der Waals surface area (Å²) < 4.78 is 32.0. The number of rotatable bonds is 31. The molecule has 0 aromatic heterocycles. The highest BCUT2D eigenvalue weighted by atomic mass is 16.6. The molecule has 0 N–H and O–H groups in total. The molecule has 8 heteroatoms. The third-order valence-corrected chi connectivity index (χ3v) is 6.07. The Morgan fingerprint density at radius 1 is 0.368 bits per heavy atom. The third-order valence-electron chi connectivity index (χ3n) is 6.07. The summed E-state index contributed by atoms with van der Waals surface area (Å²) in [7, 11) is 0. The second-order valence-electron chi connectivity index (χ2n) is 9.63. The van der Waals surface area contributed by atoms with Crippen molar-refractivity contribution in [1.29, 1.82) is 0 Å². The first-order valence-corrected chi connectivity index (χ1v) is 15.3. The molecule has 0 aliphatic carbocycles. The van der Waals surface area contributed by atoms with Crippen LogP contribution in [0, 0.1) is 0 Å². The lowest BCUT2D eigenvalue weighted by Crippen LogP contribution is -2.15. The molecule has 0 saturated heterocycles. The molecule has 0 rings (SSSR count). The summed E-state index contributed by atoms with van der Waals surface area (Å²) in [4.78, 5) is 23.3. The van der Waals surface area contributed by atoms with Crippen molar-refractivity contribution in [2.24, 2.45) is 0 Å². The zero-order valence-electron chi connectivity index (χ0n) is 24.7. The number of ether oxygens (including phenoxy) is 6. The lowest BCUT2D eigenvalue weighted by molar-refractivity contribution is -0.146. The van der Waals surface area contributed by atoms with E-state index in [4.69, 9.17) is 28.4 Å². The molecule has 0 saturated carbocycles. The van der Waals surface area contributed by atoms with Crippen molar-refractivity contribution < 1.29 is 38.0 Å². The molecule has 0 aliphatic rings. The number of esters is 2. The molecule has 0 radical (unpaired) electrons. The molecule has 0 spiro atoms. The van der Waals surface area contributed by atoms with Crippen molar-refractivity contribution in [3.8, 4) is 0 Å². The molecule has 0 fully saturated rings. The molecule has 0 heterocycles. The quantitative estimate of drug-likeness (QED) is 0.0727. The zero-order valence-corrected chi connectivity index (χ0v) is 24.7. The first-order chi connectivity index (χ1) is 18.7. The van der Waals surface area contributed by atoms with E-state index < -0.39 is 0 Å². The highest BCUT2D eigenvalue weighted by molar-refractivity contribution is 5.69. The average molecular weight is 547 g/mol. The van der Waals surface area contributed by atoms with Crippen LogP contribution in [0.15, 0.2) is 0 Å². The molecule has 0 amide bonds. The minimum Gasteiger partial charge on any atom is -0.463 e. The van der Waals surface area contributed by atoms with E-state index in [1.807, 2.05) is 0 Å². The summed E-state index contributed by atoms with van der Waals surface area (Å²) in [5.74, 6) is -0.282. The molecule has 0 bridgehead atoms. The maximum Gasteiger partial charge on any atom is 0.305 e. The number of carbonyl (C=O) groups excluding carboxylic acids is 2. The molecule has 0 unspecified atom stereocenters. The third kappa shape index (κ3) is 31.0. The SMILES string of the molecule is CCCCCCCCCCCC(=O)OCCOCCOCCOCCOCCOC(=O)CCCCCCC. The molecule has 0 aromatic rings. The van der Waals surface area contributed by atoms with Gasteiger partial charge in [0.2, 0.25) is 0 Å². The zero-order chi connectivity index (χ0) is 27.8. The fourth-order valence-corrected chi connectivity index (χ4v) is 3.79. The van der Waals surface area contributed by atoms with Crippen LogP contribution in [0.2, 0.25) is 0 Å². The summed E-state index contributed by atoms with van der Waals surface area (Å²) in [6.07, 6.45) is 17.7. The maximum atomic E-state index is 11.7.